The van der Waals surface area contributed by atoms with Gasteiger partial charge in [0.1, 0.15) is 6.04 Å². The van der Waals surface area contributed by atoms with Crippen LogP contribution < -0.4 is 4.90 Å². The van der Waals surface area contributed by atoms with E-state index in [1.54, 1.807) is 21.6 Å². The van der Waals surface area contributed by atoms with Crippen LogP contribution in [0.15, 0.2) is 66.8 Å². The predicted molar refractivity (Wildman–Crippen MR) is 157 cm³/mol. The van der Waals surface area contributed by atoms with Gasteiger partial charge in [0, 0.05) is 30.1 Å². The third-order valence-electron chi connectivity index (χ3n) is 8.87. The van der Waals surface area contributed by atoms with Gasteiger partial charge in [0.2, 0.25) is 5.91 Å². The number of rotatable bonds is 7. The number of hydrogen-bond donors (Lipinski definition) is 1. The minimum Gasteiger partial charge on any atom is -0.465 e. The number of fused-ring (bicyclic) bond motifs is 3. The van der Waals surface area contributed by atoms with Gasteiger partial charge in [-0.1, -0.05) is 67.5 Å². The van der Waals surface area contributed by atoms with Crippen molar-refractivity contribution in [3.63, 3.8) is 0 Å². The normalized spacial score (nSPS) is 31.4. The minimum atomic E-state index is -0.877. The van der Waals surface area contributed by atoms with Crippen molar-refractivity contribution in [3.05, 3.63) is 66.8 Å². The first-order valence-electron chi connectivity index (χ1n) is 14.3. The first kappa shape index (κ1) is 27.1. The number of cyclic esters (lactones) is 1. The van der Waals surface area contributed by atoms with Crippen LogP contribution in [0.3, 0.4) is 0 Å². The molecule has 2 aromatic rings. The fourth-order valence-electron chi connectivity index (χ4n) is 7.05. The van der Waals surface area contributed by atoms with E-state index in [-0.39, 0.29) is 24.4 Å². The SMILES string of the molecule is C[C@@]12C=CCCOC(=O)[C@@H]1[C@H]1C(=O)N(CCCCCCO)C3C(=O)N(c4ccc5ccccc5c4)CC=C[C@@]31S2. The molecule has 1 N–H and O–H groups in total. The summed E-state index contributed by atoms with van der Waals surface area (Å²) in [5, 5.41) is 11.3. The van der Waals surface area contributed by atoms with Gasteiger partial charge in [0.05, 0.1) is 23.2 Å². The Morgan fingerprint density at radius 2 is 1.75 bits per heavy atom. The molecule has 2 aromatic carbocycles. The predicted octanol–water partition coefficient (Wildman–Crippen LogP) is 4.49. The summed E-state index contributed by atoms with van der Waals surface area (Å²) in [5.41, 5.74) is 0.795. The average Bonchev–Trinajstić information content (AvgIpc) is 3.26. The zero-order valence-electron chi connectivity index (χ0n) is 22.8. The molecule has 2 fully saturated rings. The van der Waals surface area contributed by atoms with Crippen LogP contribution in [-0.4, -0.2) is 69.6 Å². The number of nitrogens with zero attached hydrogens (tertiary/aromatic N) is 2. The van der Waals surface area contributed by atoms with Crippen molar-refractivity contribution in [2.45, 2.75) is 54.6 Å². The number of likely N-dealkylation sites (tertiary alicyclic amines) is 1. The van der Waals surface area contributed by atoms with Crippen LogP contribution in [0.2, 0.25) is 0 Å². The van der Waals surface area contributed by atoms with E-state index in [9.17, 15) is 19.5 Å². The number of aliphatic hydroxyl groups excluding tert-OH is 1. The number of thioether (sulfide) groups is 1. The number of anilines is 1. The number of unbranched alkanes of at least 4 members (excludes halogenated alkanes) is 3. The molecule has 4 heterocycles. The molecule has 4 aliphatic rings. The summed E-state index contributed by atoms with van der Waals surface area (Å²) < 4.78 is 4.09. The van der Waals surface area contributed by atoms with Crippen molar-refractivity contribution in [3.8, 4) is 0 Å². The molecule has 0 aromatic heterocycles. The molecule has 40 heavy (non-hydrogen) atoms. The van der Waals surface area contributed by atoms with Crippen LogP contribution in [0.25, 0.3) is 10.8 Å². The number of ether oxygens (including phenoxy) is 1. The summed E-state index contributed by atoms with van der Waals surface area (Å²) in [6, 6.07) is 13.4. The van der Waals surface area contributed by atoms with Crippen LogP contribution in [0, 0.1) is 11.8 Å². The van der Waals surface area contributed by atoms with Crippen molar-refractivity contribution in [1.29, 1.82) is 0 Å². The number of amides is 2. The zero-order valence-corrected chi connectivity index (χ0v) is 23.6. The zero-order chi connectivity index (χ0) is 27.9. The van der Waals surface area contributed by atoms with Crippen molar-refractivity contribution in [2.75, 3.05) is 31.2 Å². The summed E-state index contributed by atoms with van der Waals surface area (Å²) in [6.45, 7) is 3.28. The van der Waals surface area contributed by atoms with Crippen LogP contribution in [0.4, 0.5) is 5.69 Å². The molecule has 210 valence electrons. The summed E-state index contributed by atoms with van der Waals surface area (Å²) in [4.78, 5) is 45.9. The molecule has 0 saturated carbocycles. The largest absolute Gasteiger partial charge is 0.465 e. The van der Waals surface area contributed by atoms with Gasteiger partial charge in [-0.05, 0) is 49.1 Å². The highest BCUT2D eigenvalue weighted by atomic mass is 32.2. The quantitative estimate of drug-likeness (QED) is 0.305. The van der Waals surface area contributed by atoms with Crippen molar-refractivity contribution in [1.82, 2.24) is 4.90 Å². The van der Waals surface area contributed by atoms with Gasteiger partial charge in [0.15, 0.2) is 0 Å². The number of hydrogen-bond acceptors (Lipinski definition) is 6. The van der Waals surface area contributed by atoms with E-state index in [2.05, 4.69) is 6.08 Å². The second kappa shape index (κ2) is 10.7. The molecule has 0 radical (unpaired) electrons. The van der Waals surface area contributed by atoms with Crippen molar-refractivity contribution >= 4 is 46.0 Å². The van der Waals surface area contributed by atoms with Crippen molar-refractivity contribution < 1.29 is 24.2 Å². The van der Waals surface area contributed by atoms with Gasteiger partial charge in [-0.15, -0.1) is 11.8 Å². The summed E-state index contributed by atoms with van der Waals surface area (Å²) >= 11 is 1.58. The Hall–Kier alpha value is -3.10. The van der Waals surface area contributed by atoms with E-state index in [0.717, 1.165) is 42.1 Å². The van der Waals surface area contributed by atoms with Gasteiger partial charge in [-0.3, -0.25) is 14.4 Å². The van der Waals surface area contributed by atoms with Gasteiger partial charge in [-0.25, -0.2) is 0 Å². The Kier molecular flexibility index (Phi) is 7.25. The Morgan fingerprint density at radius 3 is 2.58 bits per heavy atom. The average molecular weight is 561 g/mol. The molecule has 8 heteroatoms. The highest BCUT2D eigenvalue weighted by molar-refractivity contribution is 8.02. The van der Waals surface area contributed by atoms with Crippen LogP contribution in [-0.2, 0) is 19.1 Å². The summed E-state index contributed by atoms with van der Waals surface area (Å²) in [7, 11) is 0. The van der Waals surface area contributed by atoms with Crippen LogP contribution in [0.5, 0.6) is 0 Å². The van der Waals surface area contributed by atoms with Gasteiger partial charge < -0.3 is 19.6 Å². The molecule has 1 unspecified atom stereocenters. The number of carbonyl (C=O) groups is 3. The molecule has 0 aliphatic carbocycles. The maximum atomic E-state index is 14.6. The smallest absolute Gasteiger partial charge is 0.311 e. The third-order valence-corrected chi connectivity index (χ3v) is 10.7. The standard InChI is InChI=1S/C32H36N2O5S/c1-31-15-6-9-20-39-30(38)26(31)25-28(36)34(17-7-2-3-8-19-35)27-29(37)33(18-10-16-32(25,27)40-31)24-14-13-22-11-4-5-12-23(22)21-24/h4-6,10-16,21,25-27,35H,2-3,7-9,17-20H2,1H3/t25-,26-,27?,31+,32-/m0/s1. The minimum absolute atomic E-state index is 0.116. The molecule has 7 nitrogen and oxygen atoms in total. The lowest BCUT2D eigenvalue weighted by molar-refractivity contribution is -0.154. The Balaban J connectivity index is 1.41. The highest BCUT2D eigenvalue weighted by Crippen LogP contribution is 2.65. The maximum Gasteiger partial charge on any atom is 0.311 e. The lowest BCUT2D eigenvalue weighted by Gasteiger charge is -2.37. The molecule has 0 bridgehead atoms. The molecular formula is C32H36N2O5S. The monoisotopic (exact) mass is 560 g/mol. The van der Waals surface area contributed by atoms with Gasteiger partial charge in [-0.2, -0.15) is 0 Å². The molecule has 2 amide bonds. The molecule has 1 spiro atoms. The molecule has 6 rings (SSSR count). The Morgan fingerprint density at radius 1 is 0.950 bits per heavy atom. The lowest BCUT2D eigenvalue weighted by atomic mass is 9.74. The highest BCUT2D eigenvalue weighted by Gasteiger charge is 2.73. The number of aliphatic hydroxyl groups is 1. The number of benzene rings is 2. The van der Waals surface area contributed by atoms with E-state index in [4.69, 9.17) is 4.74 Å². The topological polar surface area (TPSA) is 87.1 Å². The second-order valence-corrected chi connectivity index (χ2v) is 13.2. The van der Waals surface area contributed by atoms with E-state index < -0.39 is 27.4 Å². The van der Waals surface area contributed by atoms with Crippen LogP contribution in [0.1, 0.15) is 39.0 Å². The van der Waals surface area contributed by atoms with Crippen LogP contribution >= 0.6 is 11.8 Å². The van der Waals surface area contributed by atoms with E-state index in [1.165, 1.54) is 0 Å². The fraction of sp³-hybridized carbons (Fsp3) is 0.469. The number of esters is 1. The molecular weight excluding hydrogens is 524 g/mol. The van der Waals surface area contributed by atoms with E-state index in [1.807, 2.05) is 67.6 Å². The molecule has 5 atom stereocenters. The maximum absolute atomic E-state index is 14.6. The second-order valence-electron chi connectivity index (χ2n) is 11.4. The molecule has 4 aliphatic heterocycles. The van der Waals surface area contributed by atoms with Gasteiger partial charge in [0.25, 0.3) is 5.91 Å². The third kappa shape index (κ3) is 4.36. The van der Waals surface area contributed by atoms with Crippen molar-refractivity contribution in [2.24, 2.45) is 11.8 Å². The van der Waals surface area contributed by atoms with E-state index >= 15 is 0 Å². The molecule has 2 saturated heterocycles. The Labute approximate surface area is 239 Å². The first-order chi connectivity index (χ1) is 19.4. The lowest BCUT2D eigenvalue weighted by Crippen LogP contribution is -2.53. The van der Waals surface area contributed by atoms with E-state index in [0.29, 0.717) is 26.1 Å². The summed E-state index contributed by atoms with van der Waals surface area (Å²) in [5.74, 6) is -1.97. The fourth-order valence-corrected chi connectivity index (χ4v) is 9.20. The summed E-state index contributed by atoms with van der Waals surface area (Å²) in [6.07, 6.45) is 11.9. The Bertz CT molecular complexity index is 1390. The number of carbonyl (C=O) groups excluding carboxylic acids is 3. The first-order valence-corrected chi connectivity index (χ1v) is 15.1. The van der Waals surface area contributed by atoms with Gasteiger partial charge >= 0.3 is 5.97 Å².